The smallest absolute Gasteiger partial charge is 0.285 e. The summed E-state index contributed by atoms with van der Waals surface area (Å²) >= 11 is 0. The van der Waals surface area contributed by atoms with Gasteiger partial charge < -0.3 is 4.90 Å². The molecule has 1 aromatic rings. The van der Waals surface area contributed by atoms with Crippen LogP contribution in [0.25, 0.3) is 0 Å². The van der Waals surface area contributed by atoms with Gasteiger partial charge in [-0.05, 0) is 25.0 Å². The fourth-order valence-electron chi connectivity index (χ4n) is 2.27. The topological polar surface area (TPSA) is 87.2 Å². The average molecular weight is 277 g/mol. The molecule has 0 aliphatic carbocycles. The van der Waals surface area contributed by atoms with E-state index in [4.69, 9.17) is 5.26 Å². The van der Waals surface area contributed by atoms with Crippen LogP contribution in [0.2, 0.25) is 0 Å². The van der Waals surface area contributed by atoms with Crippen molar-refractivity contribution >= 4 is 11.6 Å². The summed E-state index contributed by atoms with van der Waals surface area (Å²) in [6.45, 7) is 0.704. The molecule has 0 N–H and O–H groups in total. The van der Waals surface area contributed by atoms with E-state index in [1.54, 1.807) is 0 Å². The van der Waals surface area contributed by atoms with Gasteiger partial charge >= 0.3 is 0 Å². The highest BCUT2D eigenvalue weighted by atomic mass is 19.1. The summed E-state index contributed by atoms with van der Waals surface area (Å²) in [6, 6.07) is 4.97. The first-order valence-electron chi connectivity index (χ1n) is 6.15. The lowest BCUT2D eigenvalue weighted by molar-refractivity contribution is -0.385. The Morgan fingerprint density at radius 2 is 2.30 bits per heavy atom. The van der Waals surface area contributed by atoms with Gasteiger partial charge in [-0.2, -0.15) is 5.26 Å². The van der Waals surface area contributed by atoms with Crippen LogP contribution in [0.3, 0.4) is 0 Å². The lowest BCUT2D eigenvalue weighted by Gasteiger charge is -2.29. The minimum atomic E-state index is -0.776. The molecule has 20 heavy (non-hydrogen) atoms. The van der Waals surface area contributed by atoms with Crippen molar-refractivity contribution in [3.8, 4) is 6.07 Å². The number of carbonyl (C=O) groups is 1. The van der Waals surface area contributed by atoms with Gasteiger partial charge in [0, 0.05) is 13.1 Å². The highest BCUT2D eigenvalue weighted by Crippen LogP contribution is 2.24. The number of nitro groups is 1. The van der Waals surface area contributed by atoms with Crippen LogP contribution in [-0.2, 0) is 0 Å². The van der Waals surface area contributed by atoms with Crippen LogP contribution in [0.4, 0.5) is 10.1 Å². The van der Waals surface area contributed by atoms with Gasteiger partial charge in [-0.1, -0.05) is 0 Å². The number of hydrogen-bond acceptors (Lipinski definition) is 4. The van der Waals surface area contributed by atoms with E-state index in [2.05, 4.69) is 6.07 Å². The molecule has 7 heteroatoms. The number of nitrogens with zero attached hydrogens (tertiary/aromatic N) is 3. The zero-order valence-electron chi connectivity index (χ0n) is 10.6. The van der Waals surface area contributed by atoms with Crippen molar-refractivity contribution in [2.75, 3.05) is 13.1 Å². The fourth-order valence-corrected chi connectivity index (χ4v) is 2.27. The molecule has 1 aliphatic rings. The molecule has 104 valence electrons. The minimum Gasteiger partial charge on any atom is -0.337 e. The molecule has 1 aromatic carbocycles. The van der Waals surface area contributed by atoms with Crippen LogP contribution >= 0.6 is 0 Å². The second kappa shape index (κ2) is 5.65. The number of benzene rings is 1. The predicted octanol–water partition coefficient (Wildman–Crippen LogP) is 2.11. The van der Waals surface area contributed by atoms with Gasteiger partial charge in [-0.3, -0.25) is 14.9 Å². The van der Waals surface area contributed by atoms with Gasteiger partial charge in [0.05, 0.1) is 23.0 Å². The monoisotopic (exact) mass is 277 g/mol. The maximum Gasteiger partial charge on any atom is 0.285 e. The van der Waals surface area contributed by atoms with Crippen LogP contribution in [0.5, 0.6) is 0 Å². The van der Waals surface area contributed by atoms with Crippen LogP contribution in [0, 0.1) is 33.2 Å². The van der Waals surface area contributed by atoms with E-state index >= 15 is 0 Å². The third kappa shape index (κ3) is 2.74. The summed E-state index contributed by atoms with van der Waals surface area (Å²) in [5.74, 6) is -1.55. The third-order valence-corrected chi connectivity index (χ3v) is 3.28. The Morgan fingerprint density at radius 3 is 2.95 bits per heavy atom. The lowest BCUT2D eigenvalue weighted by atomic mass is 9.98. The van der Waals surface area contributed by atoms with E-state index in [-0.39, 0.29) is 18.0 Å². The number of likely N-dealkylation sites (tertiary alicyclic amines) is 1. The number of rotatable bonds is 2. The summed E-state index contributed by atoms with van der Waals surface area (Å²) in [4.78, 5) is 23.8. The number of hydrogen-bond donors (Lipinski definition) is 0. The van der Waals surface area contributed by atoms with Crippen LogP contribution < -0.4 is 0 Å². The highest BCUT2D eigenvalue weighted by Gasteiger charge is 2.29. The number of amides is 1. The summed E-state index contributed by atoms with van der Waals surface area (Å²) in [6.07, 6.45) is 1.39. The molecule has 0 bridgehead atoms. The highest BCUT2D eigenvalue weighted by molar-refractivity contribution is 5.98. The molecule has 1 aliphatic heterocycles. The van der Waals surface area contributed by atoms with E-state index in [1.165, 1.54) is 4.90 Å². The minimum absolute atomic E-state index is 0.144. The molecule has 1 fully saturated rings. The first-order chi connectivity index (χ1) is 9.52. The summed E-state index contributed by atoms with van der Waals surface area (Å²) < 4.78 is 13.1. The summed E-state index contributed by atoms with van der Waals surface area (Å²) in [5, 5.41) is 19.8. The largest absolute Gasteiger partial charge is 0.337 e. The Bertz CT molecular complexity index is 597. The molecule has 0 saturated carbocycles. The number of carbonyl (C=O) groups excluding carboxylic acids is 1. The molecule has 1 saturated heterocycles. The Hall–Kier alpha value is -2.49. The molecule has 0 aromatic heterocycles. The molecule has 0 radical (unpaired) electrons. The third-order valence-electron chi connectivity index (χ3n) is 3.28. The van der Waals surface area contributed by atoms with Gasteiger partial charge in [-0.25, -0.2) is 4.39 Å². The Kier molecular flexibility index (Phi) is 3.94. The molecular formula is C13H12FN3O3. The maximum absolute atomic E-state index is 13.1. The van der Waals surface area contributed by atoms with E-state index in [9.17, 15) is 19.3 Å². The van der Waals surface area contributed by atoms with Crippen molar-refractivity contribution in [3.63, 3.8) is 0 Å². The Morgan fingerprint density at radius 1 is 1.55 bits per heavy atom. The summed E-state index contributed by atoms with van der Waals surface area (Å²) in [5.41, 5.74) is -0.691. The maximum atomic E-state index is 13.1. The number of nitriles is 1. The predicted molar refractivity (Wildman–Crippen MR) is 67.3 cm³/mol. The first-order valence-corrected chi connectivity index (χ1v) is 6.15. The molecular weight excluding hydrogens is 265 g/mol. The van der Waals surface area contributed by atoms with Gasteiger partial charge in [0.25, 0.3) is 11.6 Å². The zero-order chi connectivity index (χ0) is 14.7. The molecule has 1 atom stereocenters. The van der Waals surface area contributed by atoms with Gasteiger partial charge in [0.2, 0.25) is 0 Å². The number of nitro benzene ring substituents is 1. The standard InChI is InChI=1S/C13H12FN3O3/c14-10-3-4-11(12(6-10)17(19)20)13(18)16-5-1-2-9(7-15)8-16/h3-4,6,9H,1-2,5,8H2. The van der Waals surface area contributed by atoms with Gasteiger partial charge in [0.15, 0.2) is 0 Å². The van der Waals surface area contributed by atoms with Crippen LogP contribution in [0.1, 0.15) is 23.2 Å². The van der Waals surface area contributed by atoms with Crippen molar-refractivity contribution in [1.29, 1.82) is 5.26 Å². The average Bonchev–Trinajstić information content (AvgIpc) is 2.46. The van der Waals surface area contributed by atoms with Crippen LogP contribution in [-0.4, -0.2) is 28.8 Å². The second-order valence-corrected chi connectivity index (χ2v) is 4.64. The van der Waals surface area contributed by atoms with Gasteiger partial charge in [-0.15, -0.1) is 0 Å². The van der Waals surface area contributed by atoms with Crippen molar-refractivity contribution in [2.45, 2.75) is 12.8 Å². The first kappa shape index (κ1) is 13.9. The van der Waals surface area contributed by atoms with E-state index in [1.807, 2.05) is 0 Å². The lowest BCUT2D eigenvalue weighted by Crippen LogP contribution is -2.39. The fraction of sp³-hybridized carbons (Fsp3) is 0.385. The normalized spacial score (nSPS) is 18.4. The van der Waals surface area contributed by atoms with Crippen molar-refractivity contribution in [3.05, 3.63) is 39.7 Å². The van der Waals surface area contributed by atoms with Crippen molar-refractivity contribution < 1.29 is 14.1 Å². The van der Waals surface area contributed by atoms with Crippen molar-refractivity contribution in [2.24, 2.45) is 5.92 Å². The van der Waals surface area contributed by atoms with E-state index in [0.717, 1.165) is 18.2 Å². The van der Waals surface area contributed by atoms with Crippen molar-refractivity contribution in [1.82, 2.24) is 4.90 Å². The quantitative estimate of drug-likeness (QED) is 0.611. The SMILES string of the molecule is N#CC1CCCN(C(=O)c2ccc(F)cc2[N+](=O)[O-])C1. The molecule has 1 amide bonds. The second-order valence-electron chi connectivity index (χ2n) is 4.64. The Balaban J connectivity index is 2.29. The molecule has 2 rings (SSSR count). The molecule has 1 unspecified atom stereocenters. The zero-order valence-corrected chi connectivity index (χ0v) is 10.6. The van der Waals surface area contributed by atoms with E-state index in [0.29, 0.717) is 19.4 Å². The molecule has 1 heterocycles. The number of halogens is 1. The molecule has 6 nitrogen and oxygen atoms in total. The van der Waals surface area contributed by atoms with Crippen LogP contribution in [0.15, 0.2) is 18.2 Å². The summed E-state index contributed by atoms with van der Waals surface area (Å²) in [7, 11) is 0. The Labute approximate surface area is 114 Å². The number of piperidine rings is 1. The van der Waals surface area contributed by atoms with E-state index < -0.39 is 22.3 Å². The van der Waals surface area contributed by atoms with Gasteiger partial charge in [0.1, 0.15) is 11.4 Å². The molecule has 0 spiro atoms.